The lowest BCUT2D eigenvalue weighted by Crippen LogP contribution is -1.85. The van der Waals surface area contributed by atoms with E-state index >= 15 is 0 Å². The summed E-state index contributed by atoms with van der Waals surface area (Å²) in [5, 5.41) is 9.09. The average Bonchev–Trinajstić information content (AvgIpc) is 2.13. The molecular formula is C7H11NO. The molecule has 0 aliphatic carbocycles. The summed E-state index contributed by atoms with van der Waals surface area (Å²) in [6, 6.07) is 1.66. The maximum atomic E-state index is 9.09. The topological polar surface area (TPSA) is 36.0 Å². The van der Waals surface area contributed by atoms with Crippen molar-refractivity contribution >= 4 is 0 Å². The summed E-state index contributed by atoms with van der Waals surface area (Å²) in [6.45, 7) is 4.07. The lowest BCUT2D eigenvalue weighted by Gasteiger charge is -2.00. The molecule has 50 valence electrons. The SMILES string of the molecule is CC(C)c1[nH]ccc1O. The molecule has 0 spiro atoms. The molecular weight excluding hydrogens is 114 g/mol. The molecule has 1 rings (SSSR count). The molecule has 0 aliphatic rings. The number of aromatic nitrogens is 1. The normalized spacial score (nSPS) is 10.6. The third-order valence-electron chi connectivity index (χ3n) is 1.33. The molecule has 2 N–H and O–H groups in total. The van der Waals surface area contributed by atoms with Crippen LogP contribution < -0.4 is 0 Å². The van der Waals surface area contributed by atoms with Gasteiger partial charge in [0.25, 0.3) is 0 Å². The molecule has 1 aromatic rings. The van der Waals surface area contributed by atoms with Crippen molar-refractivity contribution in [1.29, 1.82) is 0 Å². The Labute approximate surface area is 54.5 Å². The van der Waals surface area contributed by atoms with Gasteiger partial charge < -0.3 is 10.1 Å². The van der Waals surface area contributed by atoms with Crippen molar-refractivity contribution in [2.24, 2.45) is 0 Å². The molecule has 0 aromatic carbocycles. The number of nitrogens with one attached hydrogen (secondary N) is 1. The third-order valence-corrected chi connectivity index (χ3v) is 1.33. The molecule has 0 amide bonds. The molecule has 0 aliphatic heterocycles. The van der Waals surface area contributed by atoms with Crippen LogP contribution >= 0.6 is 0 Å². The Morgan fingerprint density at radius 3 is 2.44 bits per heavy atom. The van der Waals surface area contributed by atoms with Crippen LogP contribution in [0, 0.1) is 0 Å². The Balaban J connectivity index is 2.94. The van der Waals surface area contributed by atoms with Crippen molar-refractivity contribution in [3.8, 4) is 5.75 Å². The zero-order valence-electron chi connectivity index (χ0n) is 5.68. The van der Waals surface area contributed by atoms with Gasteiger partial charge in [0, 0.05) is 6.20 Å². The van der Waals surface area contributed by atoms with E-state index in [1.54, 1.807) is 12.3 Å². The molecule has 0 bridgehead atoms. The number of hydrogen-bond acceptors (Lipinski definition) is 1. The van der Waals surface area contributed by atoms with Gasteiger partial charge in [-0.3, -0.25) is 0 Å². The van der Waals surface area contributed by atoms with Crippen LogP contribution in [0.1, 0.15) is 25.5 Å². The third kappa shape index (κ3) is 1.07. The van der Waals surface area contributed by atoms with Crippen molar-refractivity contribution in [2.75, 3.05) is 0 Å². The summed E-state index contributed by atoms with van der Waals surface area (Å²) >= 11 is 0. The van der Waals surface area contributed by atoms with Crippen molar-refractivity contribution in [3.05, 3.63) is 18.0 Å². The van der Waals surface area contributed by atoms with E-state index in [0.29, 0.717) is 11.7 Å². The van der Waals surface area contributed by atoms with Crippen LogP contribution in [-0.2, 0) is 0 Å². The molecule has 1 aromatic heterocycles. The predicted molar refractivity (Wildman–Crippen MR) is 36.5 cm³/mol. The Bertz CT molecular complexity index is 191. The standard InChI is InChI=1S/C7H11NO/c1-5(2)7-6(9)3-4-8-7/h3-5,8-9H,1-2H3. The fraction of sp³-hybridized carbons (Fsp3) is 0.429. The first-order chi connectivity index (χ1) is 4.22. The number of rotatable bonds is 1. The minimum Gasteiger partial charge on any atom is -0.506 e. The maximum absolute atomic E-state index is 9.09. The van der Waals surface area contributed by atoms with Crippen LogP contribution in [-0.4, -0.2) is 10.1 Å². The molecule has 0 saturated heterocycles. The van der Waals surface area contributed by atoms with E-state index in [-0.39, 0.29) is 0 Å². The number of aromatic hydroxyl groups is 1. The number of H-pyrrole nitrogens is 1. The van der Waals surface area contributed by atoms with Crippen LogP contribution in [0.4, 0.5) is 0 Å². The number of aromatic amines is 1. The van der Waals surface area contributed by atoms with Gasteiger partial charge in [0.2, 0.25) is 0 Å². The molecule has 0 saturated carbocycles. The average molecular weight is 125 g/mol. The van der Waals surface area contributed by atoms with Gasteiger partial charge in [0.15, 0.2) is 0 Å². The largest absolute Gasteiger partial charge is 0.506 e. The molecule has 2 nitrogen and oxygen atoms in total. The zero-order valence-corrected chi connectivity index (χ0v) is 5.68. The summed E-state index contributed by atoms with van der Waals surface area (Å²) in [7, 11) is 0. The van der Waals surface area contributed by atoms with Crippen LogP contribution in [0.5, 0.6) is 5.75 Å². The molecule has 2 heteroatoms. The molecule has 9 heavy (non-hydrogen) atoms. The fourth-order valence-corrected chi connectivity index (χ4v) is 0.837. The Hall–Kier alpha value is -0.920. The molecule has 0 fully saturated rings. The van der Waals surface area contributed by atoms with Crippen molar-refractivity contribution in [1.82, 2.24) is 4.98 Å². The molecule has 1 heterocycles. The molecule has 0 radical (unpaired) electrons. The summed E-state index contributed by atoms with van der Waals surface area (Å²) < 4.78 is 0. The van der Waals surface area contributed by atoms with Gasteiger partial charge in [-0.2, -0.15) is 0 Å². The summed E-state index contributed by atoms with van der Waals surface area (Å²) in [6.07, 6.45) is 1.74. The minimum atomic E-state index is 0.366. The summed E-state index contributed by atoms with van der Waals surface area (Å²) in [4.78, 5) is 2.95. The second kappa shape index (κ2) is 2.13. The lowest BCUT2D eigenvalue weighted by atomic mass is 10.1. The van der Waals surface area contributed by atoms with E-state index in [1.165, 1.54) is 0 Å². The van der Waals surface area contributed by atoms with Crippen molar-refractivity contribution in [2.45, 2.75) is 19.8 Å². The smallest absolute Gasteiger partial charge is 0.136 e. The minimum absolute atomic E-state index is 0.366. The quantitative estimate of drug-likeness (QED) is 0.590. The van der Waals surface area contributed by atoms with Crippen molar-refractivity contribution < 1.29 is 5.11 Å². The highest BCUT2D eigenvalue weighted by Gasteiger charge is 2.04. The van der Waals surface area contributed by atoms with Gasteiger partial charge in [-0.05, 0) is 12.0 Å². The first-order valence-corrected chi connectivity index (χ1v) is 3.08. The van der Waals surface area contributed by atoms with Gasteiger partial charge >= 0.3 is 0 Å². The first-order valence-electron chi connectivity index (χ1n) is 3.08. The van der Waals surface area contributed by atoms with E-state index in [2.05, 4.69) is 4.98 Å². The van der Waals surface area contributed by atoms with Gasteiger partial charge in [0.05, 0.1) is 5.69 Å². The lowest BCUT2D eigenvalue weighted by molar-refractivity contribution is 0.465. The summed E-state index contributed by atoms with van der Waals surface area (Å²) in [5.74, 6) is 0.741. The molecule has 0 atom stereocenters. The highest BCUT2D eigenvalue weighted by molar-refractivity contribution is 5.28. The number of hydrogen-bond donors (Lipinski definition) is 2. The van der Waals surface area contributed by atoms with Crippen LogP contribution in [0.3, 0.4) is 0 Å². The van der Waals surface area contributed by atoms with Gasteiger partial charge in [-0.15, -0.1) is 0 Å². The predicted octanol–water partition coefficient (Wildman–Crippen LogP) is 1.84. The first kappa shape index (κ1) is 6.20. The Kier molecular flexibility index (Phi) is 1.47. The maximum Gasteiger partial charge on any atom is 0.136 e. The van der Waals surface area contributed by atoms with Gasteiger partial charge in [0.1, 0.15) is 5.75 Å². The zero-order chi connectivity index (χ0) is 6.85. The summed E-state index contributed by atoms with van der Waals surface area (Å²) in [5.41, 5.74) is 0.912. The molecule has 0 unspecified atom stereocenters. The monoisotopic (exact) mass is 125 g/mol. The Morgan fingerprint density at radius 2 is 2.22 bits per heavy atom. The van der Waals surface area contributed by atoms with E-state index in [0.717, 1.165) is 5.69 Å². The highest BCUT2D eigenvalue weighted by atomic mass is 16.3. The van der Waals surface area contributed by atoms with Crippen LogP contribution in [0.2, 0.25) is 0 Å². The van der Waals surface area contributed by atoms with E-state index in [9.17, 15) is 0 Å². The van der Waals surface area contributed by atoms with E-state index in [4.69, 9.17) is 5.11 Å². The Morgan fingerprint density at radius 1 is 1.56 bits per heavy atom. The van der Waals surface area contributed by atoms with Crippen LogP contribution in [0.15, 0.2) is 12.3 Å². The fourth-order valence-electron chi connectivity index (χ4n) is 0.837. The van der Waals surface area contributed by atoms with Crippen molar-refractivity contribution in [3.63, 3.8) is 0 Å². The van der Waals surface area contributed by atoms with Gasteiger partial charge in [-0.25, -0.2) is 0 Å². The second-order valence-electron chi connectivity index (χ2n) is 2.43. The second-order valence-corrected chi connectivity index (χ2v) is 2.43. The van der Waals surface area contributed by atoms with Gasteiger partial charge in [-0.1, -0.05) is 13.8 Å². The van der Waals surface area contributed by atoms with E-state index < -0.39 is 0 Å². The van der Waals surface area contributed by atoms with E-state index in [1.807, 2.05) is 13.8 Å². The van der Waals surface area contributed by atoms with Crippen LogP contribution in [0.25, 0.3) is 0 Å². The highest BCUT2D eigenvalue weighted by Crippen LogP contribution is 2.22.